The van der Waals surface area contributed by atoms with Gasteiger partial charge in [0, 0.05) is 5.56 Å². The van der Waals surface area contributed by atoms with E-state index in [4.69, 9.17) is 4.74 Å². The molecule has 0 spiro atoms. The van der Waals surface area contributed by atoms with Gasteiger partial charge >= 0.3 is 5.97 Å². The Morgan fingerprint density at radius 2 is 1.57 bits per heavy atom. The Kier molecular flexibility index (Phi) is 5.52. The molecule has 0 aliphatic carbocycles. The van der Waals surface area contributed by atoms with Crippen molar-refractivity contribution < 1.29 is 19.4 Å². The van der Waals surface area contributed by atoms with E-state index in [0.29, 0.717) is 17.0 Å². The van der Waals surface area contributed by atoms with Crippen LogP contribution in [0.5, 0.6) is 5.75 Å². The molecular weight excluding hydrogens is 292 g/mol. The highest BCUT2D eigenvalue weighted by Crippen LogP contribution is 2.19. The van der Waals surface area contributed by atoms with Gasteiger partial charge < -0.3 is 9.84 Å². The number of carbonyl (C=O) groups is 2. The number of benzene rings is 2. The first-order valence-corrected chi connectivity index (χ1v) is 7.60. The van der Waals surface area contributed by atoms with Gasteiger partial charge in [-0.3, -0.25) is 4.79 Å². The second-order valence-corrected chi connectivity index (χ2v) is 5.48. The summed E-state index contributed by atoms with van der Waals surface area (Å²) >= 11 is 0. The average Bonchev–Trinajstić information content (AvgIpc) is 2.59. The van der Waals surface area contributed by atoms with Gasteiger partial charge in [-0.15, -0.1) is 0 Å². The maximum Gasteiger partial charge on any atom is 0.338 e. The minimum atomic E-state index is -0.588. The predicted molar refractivity (Wildman–Crippen MR) is 87.9 cm³/mol. The van der Waals surface area contributed by atoms with Crippen molar-refractivity contribution in [3.05, 3.63) is 65.2 Å². The molecule has 23 heavy (non-hydrogen) atoms. The summed E-state index contributed by atoms with van der Waals surface area (Å²) in [5.74, 6) is -0.312. The monoisotopic (exact) mass is 312 g/mol. The zero-order valence-corrected chi connectivity index (χ0v) is 13.3. The molecule has 0 radical (unpaired) electrons. The topological polar surface area (TPSA) is 63.6 Å². The number of ether oxygens (including phenoxy) is 1. The number of phenols is 1. The Morgan fingerprint density at radius 3 is 2.13 bits per heavy atom. The van der Waals surface area contributed by atoms with Crippen molar-refractivity contribution in [2.24, 2.45) is 0 Å². The second kappa shape index (κ2) is 7.58. The SMILES string of the molecule is CC[C@H](C)c1ccc(C(=O)COC(=O)c2ccc(O)cc2)cc1. The minimum Gasteiger partial charge on any atom is -0.508 e. The third-order valence-corrected chi connectivity index (χ3v) is 3.85. The van der Waals surface area contributed by atoms with Crippen LogP contribution in [0.4, 0.5) is 0 Å². The fraction of sp³-hybridized carbons (Fsp3) is 0.263. The number of carbonyl (C=O) groups excluding carboxylic acids is 2. The van der Waals surface area contributed by atoms with Gasteiger partial charge in [0.05, 0.1) is 5.56 Å². The van der Waals surface area contributed by atoms with E-state index in [1.165, 1.54) is 29.8 Å². The molecule has 4 heteroatoms. The van der Waals surface area contributed by atoms with E-state index < -0.39 is 5.97 Å². The van der Waals surface area contributed by atoms with Crippen LogP contribution in [0.15, 0.2) is 48.5 Å². The number of aromatic hydroxyl groups is 1. The molecule has 0 saturated carbocycles. The molecule has 4 nitrogen and oxygen atoms in total. The quantitative estimate of drug-likeness (QED) is 0.648. The first-order valence-electron chi connectivity index (χ1n) is 7.60. The van der Waals surface area contributed by atoms with Crippen LogP contribution in [0.3, 0.4) is 0 Å². The molecule has 1 atom stereocenters. The first-order chi connectivity index (χ1) is 11.0. The van der Waals surface area contributed by atoms with Gasteiger partial charge in [-0.2, -0.15) is 0 Å². The highest BCUT2D eigenvalue weighted by atomic mass is 16.5. The van der Waals surface area contributed by atoms with E-state index in [2.05, 4.69) is 13.8 Å². The molecule has 2 rings (SSSR count). The predicted octanol–water partition coefficient (Wildman–Crippen LogP) is 3.95. The maximum absolute atomic E-state index is 12.1. The molecule has 0 fully saturated rings. The number of phenolic OH excluding ortho intramolecular Hbond substituents is 1. The maximum atomic E-state index is 12.1. The molecule has 0 amide bonds. The van der Waals surface area contributed by atoms with E-state index in [1.807, 2.05) is 12.1 Å². The van der Waals surface area contributed by atoms with Crippen LogP contribution < -0.4 is 0 Å². The van der Waals surface area contributed by atoms with Gasteiger partial charge in [0.1, 0.15) is 5.75 Å². The third kappa shape index (κ3) is 4.42. The normalized spacial score (nSPS) is 11.7. The molecule has 0 aliphatic rings. The van der Waals surface area contributed by atoms with Crippen LogP contribution in [-0.2, 0) is 4.74 Å². The van der Waals surface area contributed by atoms with Gasteiger partial charge in [0.2, 0.25) is 0 Å². The lowest BCUT2D eigenvalue weighted by atomic mass is 9.97. The molecule has 0 saturated heterocycles. The highest BCUT2D eigenvalue weighted by Gasteiger charge is 2.12. The molecule has 0 aromatic heterocycles. The van der Waals surface area contributed by atoms with Crippen molar-refractivity contribution in [2.45, 2.75) is 26.2 Å². The van der Waals surface area contributed by atoms with Gasteiger partial charge in [-0.25, -0.2) is 4.79 Å². The first kappa shape index (κ1) is 16.7. The smallest absolute Gasteiger partial charge is 0.338 e. The number of hydrogen-bond acceptors (Lipinski definition) is 4. The fourth-order valence-corrected chi connectivity index (χ4v) is 2.13. The average molecular weight is 312 g/mol. The van der Waals surface area contributed by atoms with Crippen LogP contribution in [-0.4, -0.2) is 23.5 Å². The van der Waals surface area contributed by atoms with E-state index in [9.17, 15) is 14.7 Å². The van der Waals surface area contributed by atoms with Gasteiger partial charge in [-0.1, -0.05) is 38.1 Å². The molecule has 2 aromatic carbocycles. The summed E-state index contributed by atoms with van der Waals surface area (Å²) in [6.07, 6.45) is 1.04. The number of esters is 1. The molecule has 120 valence electrons. The van der Waals surface area contributed by atoms with E-state index in [1.54, 1.807) is 12.1 Å². The number of ketones is 1. The summed E-state index contributed by atoms with van der Waals surface area (Å²) in [7, 11) is 0. The number of hydrogen-bond donors (Lipinski definition) is 1. The van der Waals surface area contributed by atoms with Crippen LogP contribution in [0.1, 0.15) is 52.5 Å². The molecule has 0 bridgehead atoms. The molecule has 0 heterocycles. The molecule has 0 unspecified atom stereocenters. The summed E-state index contributed by atoms with van der Waals surface area (Å²) in [4.78, 5) is 23.9. The van der Waals surface area contributed by atoms with Crippen LogP contribution in [0.25, 0.3) is 0 Å². The fourth-order valence-electron chi connectivity index (χ4n) is 2.13. The number of rotatable bonds is 6. The Bertz CT molecular complexity index is 672. The van der Waals surface area contributed by atoms with Gasteiger partial charge in [0.15, 0.2) is 12.4 Å². The number of Topliss-reactive ketones (excluding diaryl/α,β-unsaturated/α-hetero) is 1. The van der Waals surface area contributed by atoms with Crippen LogP contribution in [0.2, 0.25) is 0 Å². The lowest BCUT2D eigenvalue weighted by Gasteiger charge is -2.09. The summed E-state index contributed by atoms with van der Waals surface area (Å²) in [6, 6.07) is 13.1. The Labute approximate surface area is 135 Å². The van der Waals surface area contributed by atoms with Gasteiger partial charge in [0.25, 0.3) is 0 Å². The van der Waals surface area contributed by atoms with E-state index >= 15 is 0 Å². The zero-order valence-electron chi connectivity index (χ0n) is 13.3. The summed E-state index contributed by atoms with van der Waals surface area (Å²) in [5, 5.41) is 9.18. The lowest BCUT2D eigenvalue weighted by Crippen LogP contribution is -2.14. The molecule has 2 aromatic rings. The lowest BCUT2D eigenvalue weighted by molar-refractivity contribution is 0.0474. The van der Waals surface area contributed by atoms with Crippen molar-refractivity contribution in [2.75, 3.05) is 6.61 Å². The van der Waals surface area contributed by atoms with Crippen molar-refractivity contribution in [3.63, 3.8) is 0 Å². The standard InChI is InChI=1S/C19H20O4/c1-3-13(2)14-4-6-15(7-5-14)18(21)12-23-19(22)16-8-10-17(20)11-9-16/h4-11,13,20H,3,12H2,1-2H3/t13-/m0/s1. The molecular formula is C19H20O4. The largest absolute Gasteiger partial charge is 0.508 e. The Balaban J connectivity index is 1.94. The Hall–Kier alpha value is -2.62. The molecule has 1 N–H and O–H groups in total. The van der Waals surface area contributed by atoms with Crippen molar-refractivity contribution >= 4 is 11.8 Å². The van der Waals surface area contributed by atoms with Crippen molar-refractivity contribution in [1.29, 1.82) is 0 Å². The van der Waals surface area contributed by atoms with Crippen molar-refractivity contribution in [3.8, 4) is 5.75 Å². The summed E-state index contributed by atoms with van der Waals surface area (Å²) in [6.45, 7) is 3.95. The molecule has 0 aliphatic heterocycles. The second-order valence-electron chi connectivity index (χ2n) is 5.48. The van der Waals surface area contributed by atoms with E-state index in [-0.39, 0.29) is 18.1 Å². The summed E-state index contributed by atoms with van der Waals surface area (Å²) in [5.41, 5.74) is 2.00. The van der Waals surface area contributed by atoms with Crippen LogP contribution >= 0.6 is 0 Å². The van der Waals surface area contributed by atoms with Crippen molar-refractivity contribution in [1.82, 2.24) is 0 Å². The third-order valence-electron chi connectivity index (χ3n) is 3.85. The summed E-state index contributed by atoms with van der Waals surface area (Å²) < 4.78 is 5.01. The Morgan fingerprint density at radius 1 is 1.00 bits per heavy atom. The highest BCUT2D eigenvalue weighted by molar-refractivity contribution is 5.99. The minimum absolute atomic E-state index is 0.0685. The van der Waals surface area contributed by atoms with Crippen LogP contribution in [0, 0.1) is 0 Å². The van der Waals surface area contributed by atoms with E-state index in [0.717, 1.165) is 6.42 Å². The van der Waals surface area contributed by atoms with Gasteiger partial charge in [-0.05, 0) is 42.2 Å². The zero-order chi connectivity index (χ0) is 16.8.